The number of benzene rings is 1. The average molecular weight is 367 g/mol. The molecule has 2 aromatic rings. The third-order valence-electron chi connectivity index (χ3n) is 3.58. The van der Waals surface area contributed by atoms with E-state index in [1.54, 1.807) is 36.4 Å². The number of nitrogens with zero attached hydrogens (tertiary/aromatic N) is 1. The first-order chi connectivity index (χ1) is 13.1. The van der Waals surface area contributed by atoms with Crippen molar-refractivity contribution in [1.82, 2.24) is 9.99 Å². The number of hydrazine groups is 1. The standard InChI is InChI=1S/C20H21N3O4/c1-3-5-13-27-20(26)16-8-6-7-9-17(16)21-22-19(25)15-10-11-18(24)23(14-15)12-4-2/h3-4,6-11,14,21H,1-2,5,12-13H2,(H,22,25). The van der Waals surface area contributed by atoms with Gasteiger partial charge in [-0.15, -0.1) is 13.2 Å². The minimum atomic E-state index is -0.506. The average Bonchev–Trinajstić information content (AvgIpc) is 2.68. The summed E-state index contributed by atoms with van der Waals surface area (Å²) in [4.78, 5) is 36.2. The van der Waals surface area contributed by atoms with Crippen molar-refractivity contribution in [2.75, 3.05) is 12.0 Å². The molecule has 0 aliphatic rings. The molecule has 0 atom stereocenters. The number of rotatable bonds is 9. The number of amides is 1. The first-order valence-electron chi connectivity index (χ1n) is 8.31. The van der Waals surface area contributed by atoms with Gasteiger partial charge >= 0.3 is 5.97 Å². The fourth-order valence-electron chi connectivity index (χ4n) is 2.23. The third-order valence-corrected chi connectivity index (χ3v) is 3.58. The number of anilines is 1. The number of hydrogen-bond donors (Lipinski definition) is 2. The Hall–Kier alpha value is -3.61. The predicted molar refractivity (Wildman–Crippen MR) is 104 cm³/mol. The molecule has 7 nitrogen and oxygen atoms in total. The van der Waals surface area contributed by atoms with Crippen LogP contribution in [0.25, 0.3) is 0 Å². The summed E-state index contributed by atoms with van der Waals surface area (Å²) in [7, 11) is 0. The van der Waals surface area contributed by atoms with Crippen LogP contribution in [0.2, 0.25) is 0 Å². The van der Waals surface area contributed by atoms with Gasteiger partial charge in [-0.25, -0.2) is 4.79 Å². The van der Waals surface area contributed by atoms with Crippen LogP contribution in [0.5, 0.6) is 0 Å². The van der Waals surface area contributed by atoms with E-state index in [9.17, 15) is 14.4 Å². The predicted octanol–water partition coefficient (Wildman–Crippen LogP) is 2.52. The topological polar surface area (TPSA) is 89.4 Å². The zero-order chi connectivity index (χ0) is 19.6. The summed E-state index contributed by atoms with van der Waals surface area (Å²) in [5, 5.41) is 0. The number of carbonyl (C=O) groups excluding carboxylic acids is 2. The molecule has 0 spiro atoms. The molecule has 0 saturated heterocycles. The molecular formula is C20H21N3O4. The quantitative estimate of drug-likeness (QED) is 0.308. The lowest BCUT2D eigenvalue weighted by Gasteiger charge is -2.13. The lowest BCUT2D eigenvalue weighted by atomic mass is 10.2. The zero-order valence-corrected chi connectivity index (χ0v) is 14.8. The lowest BCUT2D eigenvalue weighted by molar-refractivity contribution is 0.0512. The summed E-state index contributed by atoms with van der Waals surface area (Å²) in [5.41, 5.74) is 5.98. The van der Waals surface area contributed by atoms with E-state index in [0.717, 1.165) is 0 Å². The van der Waals surface area contributed by atoms with E-state index in [1.165, 1.54) is 22.9 Å². The molecule has 1 heterocycles. The van der Waals surface area contributed by atoms with Crippen LogP contribution in [0.3, 0.4) is 0 Å². The van der Waals surface area contributed by atoms with Crippen LogP contribution in [0.15, 0.2) is 72.7 Å². The molecule has 1 amide bonds. The summed E-state index contributed by atoms with van der Waals surface area (Å²) >= 11 is 0. The van der Waals surface area contributed by atoms with Crippen LogP contribution in [0, 0.1) is 0 Å². The highest BCUT2D eigenvalue weighted by Gasteiger charge is 2.13. The van der Waals surface area contributed by atoms with Gasteiger partial charge in [0, 0.05) is 18.8 Å². The van der Waals surface area contributed by atoms with Gasteiger partial charge in [-0.05, 0) is 24.6 Å². The smallest absolute Gasteiger partial charge is 0.340 e. The highest BCUT2D eigenvalue weighted by molar-refractivity contribution is 5.98. The Balaban J connectivity index is 2.08. The van der Waals surface area contributed by atoms with Gasteiger partial charge in [0.25, 0.3) is 11.5 Å². The number of esters is 1. The van der Waals surface area contributed by atoms with Gasteiger partial charge in [0.2, 0.25) is 0 Å². The molecule has 1 aromatic heterocycles. The van der Waals surface area contributed by atoms with Gasteiger partial charge in [0.05, 0.1) is 23.4 Å². The largest absolute Gasteiger partial charge is 0.462 e. The summed E-state index contributed by atoms with van der Waals surface area (Å²) in [6, 6.07) is 9.39. The molecule has 1 aromatic carbocycles. The van der Waals surface area contributed by atoms with Crippen LogP contribution in [0.1, 0.15) is 27.1 Å². The molecule has 0 radical (unpaired) electrons. The van der Waals surface area contributed by atoms with Crippen LogP contribution in [-0.4, -0.2) is 23.1 Å². The van der Waals surface area contributed by atoms with E-state index < -0.39 is 11.9 Å². The van der Waals surface area contributed by atoms with Gasteiger partial charge in [0.1, 0.15) is 0 Å². The second-order valence-electron chi connectivity index (χ2n) is 5.54. The number of para-hydroxylation sites is 1. The number of carbonyl (C=O) groups is 2. The van der Waals surface area contributed by atoms with E-state index in [2.05, 4.69) is 24.0 Å². The summed E-state index contributed by atoms with van der Waals surface area (Å²) < 4.78 is 6.51. The van der Waals surface area contributed by atoms with E-state index in [4.69, 9.17) is 4.74 Å². The molecule has 0 fully saturated rings. The Labute approximate surface area is 156 Å². The van der Waals surface area contributed by atoms with Crippen molar-refractivity contribution in [3.63, 3.8) is 0 Å². The van der Waals surface area contributed by atoms with Crippen molar-refractivity contribution in [3.8, 4) is 0 Å². The Morgan fingerprint density at radius 3 is 2.63 bits per heavy atom. The molecule has 0 unspecified atom stereocenters. The number of hydrogen-bond acceptors (Lipinski definition) is 5. The SMILES string of the molecule is C=CCCOC(=O)c1ccccc1NNC(=O)c1ccc(=O)n(CC=C)c1. The number of nitrogens with one attached hydrogen (secondary N) is 2. The maximum atomic E-state index is 12.3. The van der Waals surface area contributed by atoms with Crippen LogP contribution in [-0.2, 0) is 11.3 Å². The minimum Gasteiger partial charge on any atom is -0.462 e. The van der Waals surface area contributed by atoms with E-state index in [-0.39, 0.29) is 17.7 Å². The van der Waals surface area contributed by atoms with E-state index in [0.29, 0.717) is 24.2 Å². The van der Waals surface area contributed by atoms with Crippen molar-refractivity contribution < 1.29 is 14.3 Å². The molecule has 0 saturated carbocycles. The first-order valence-corrected chi connectivity index (χ1v) is 8.31. The van der Waals surface area contributed by atoms with Crippen LogP contribution >= 0.6 is 0 Å². The van der Waals surface area contributed by atoms with Gasteiger partial charge in [-0.1, -0.05) is 24.3 Å². The van der Waals surface area contributed by atoms with E-state index >= 15 is 0 Å². The highest BCUT2D eigenvalue weighted by Crippen LogP contribution is 2.15. The van der Waals surface area contributed by atoms with Gasteiger partial charge in [-0.2, -0.15) is 0 Å². The molecule has 140 valence electrons. The van der Waals surface area contributed by atoms with Gasteiger partial charge < -0.3 is 9.30 Å². The van der Waals surface area contributed by atoms with Gasteiger partial charge in [-0.3, -0.25) is 20.4 Å². The number of aromatic nitrogens is 1. The van der Waals surface area contributed by atoms with Crippen molar-refractivity contribution in [2.45, 2.75) is 13.0 Å². The molecule has 2 rings (SSSR count). The van der Waals surface area contributed by atoms with E-state index in [1.807, 2.05) is 0 Å². The third kappa shape index (κ3) is 5.43. The van der Waals surface area contributed by atoms with Crippen molar-refractivity contribution in [1.29, 1.82) is 0 Å². The Morgan fingerprint density at radius 2 is 1.89 bits per heavy atom. The van der Waals surface area contributed by atoms with Crippen LogP contribution < -0.4 is 16.4 Å². The first kappa shape index (κ1) is 19.7. The summed E-state index contributed by atoms with van der Waals surface area (Å²) in [6.45, 7) is 7.68. The molecule has 0 bridgehead atoms. The lowest BCUT2D eigenvalue weighted by Crippen LogP contribution is -2.31. The van der Waals surface area contributed by atoms with Crippen molar-refractivity contribution in [2.24, 2.45) is 0 Å². The fourth-order valence-corrected chi connectivity index (χ4v) is 2.23. The second-order valence-corrected chi connectivity index (χ2v) is 5.54. The Kier molecular flexibility index (Phi) is 7.13. The van der Waals surface area contributed by atoms with Crippen molar-refractivity contribution >= 4 is 17.6 Å². The monoisotopic (exact) mass is 367 g/mol. The second kappa shape index (κ2) is 9.76. The molecule has 0 aliphatic heterocycles. The number of pyridine rings is 1. The van der Waals surface area contributed by atoms with Gasteiger partial charge in [0.15, 0.2) is 0 Å². The van der Waals surface area contributed by atoms with Crippen molar-refractivity contribution in [3.05, 3.63) is 89.4 Å². The minimum absolute atomic E-state index is 0.230. The Bertz CT molecular complexity index is 902. The number of allylic oxidation sites excluding steroid dienone is 1. The number of ether oxygens (including phenoxy) is 1. The summed E-state index contributed by atoms with van der Waals surface area (Å²) in [6.07, 6.45) is 5.22. The molecule has 0 aliphatic carbocycles. The fraction of sp³-hybridized carbons (Fsp3) is 0.150. The Morgan fingerprint density at radius 1 is 1.11 bits per heavy atom. The maximum Gasteiger partial charge on any atom is 0.340 e. The molecular weight excluding hydrogens is 346 g/mol. The maximum absolute atomic E-state index is 12.3. The molecule has 7 heteroatoms. The highest BCUT2D eigenvalue weighted by atomic mass is 16.5. The summed E-state index contributed by atoms with van der Waals surface area (Å²) in [5.74, 6) is -0.962. The zero-order valence-electron chi connectivity index (χ0n) is 14.8. The normalized spacial score (nSPS) is 9.93. The molecule has 27 heavy (non-hydrogen) atoms. The molecule has 2 N–H and O–H groups in total. The van der Waals surface area contributed by atoms with Crippen LogP contribution in [0.4, 0.5) is 5.69 Å².